The van der Waals surface area contributed by atoms with Gasteiger partial charge < -0.3 is 15.2 Å². The topological polar surface area (TPSA) is 44.5 Å². The van der Waals surface area contributed by atoms with Crippen molar-refractivity contribution in [2.45, 2.75) is 57.0 Å². The van der Waals surface area contributed by atoms with Crippen LogP contribution in [0.25, 0.3) is 0 Å². The van der Waals surface area contributed by atoms with Gasteiger partial charge in [-0.15, -0.1) is 0 Å². The molecule has 0 radical (unpaired) electrons. The first-order chi connectivity index (χ1) is 8.35. The molecule has 2 fully saturated rings. The van der Waals surface area contributed by atoms with Gasteiger partial charge in [0.1, 0.15) is 0 Å². The lowest BCUT2D eigenvalue weighted by molar-refractivity contribution is -0.0783. The van der Waals surface area contributed by atoms with Gasteiger partial charge in [0.25, 0.3) is 0 Å². The van der Waals surface area contributed by atoms with Crippen LogP contribution in [0.3, 0.4) is 0 Å². The molecule has 1 aliphatic carbocycles. The zero-order valence-electron chi connectivity index (χ0n) is 11.0. The second kappa shape index (κ2) is 6.72. The fourth-order valence-corrected chi connectivity index (χ4v) is 2.99. The lowest BCUT2D eigenvalue weighted by Gasteiger charge is -2.34. The van der Waals surface area contributed by atoms with Crippen molar-refractivity contribution in [3.63, 3.8) is 0 Å². The Bertz CT molecular complexity index is 206. The summed E-state index contributed by atoms with van der Waals surface area (Å²) in [7, 11) is 0. The SMILES string of the molecule is NCC1(OCC2CCOCC2)CCCCCC1. The Hall–Kier alpha value is -0.120. The quantitative estimate of drug-likeness (QED) is 0.769. The van der Waals surface area contributed by atoms with Crippen molar-refractivity contribution in [3.05, 3.63) is 0 Å². The third-order valence-electron chi connectivity index (χ3n) is 4.35. The Labute approximate surface area is 105 Å². The fraction of sp³-hybridized carbons (Fsp3) is 1.00. The predicted molar refractivity (Wildman–Crippen MR) is 69.0 cm³/mol. The van der Waals surface area contributed by atoms with Crippen LogP contribution in [0.5, 0.6) is 0 Å². The molecule has 3 nitrogen and oxygen atoms in total. The molecule has 0 aromatic carbocycles. The summed E-state index contributed by atoms with van der Waals surface area (Å²) in [5.41, 5.74) is 5.97. The lowest BCUT2D eigenvalue weighted by atomic mass is 9.93. The Morgan fingerprint density at radius 3 is 2.29 bits per heavy atom. The Balaban J connectivity index is 1.80. The predicted octanol–water partition coefficient (Wildman–Crippen LogP) is 2.48. The Morgan fingerprint density at radius 2 is 1.71 bits per heavy atom. The van der Waals surface area contributed by atoms with Gasteiger partial charge in [-0.25, -0.2) is 0 Å². The summed E-state index contributed by atoms with van der Waals surface area (Å²) in [4.78, 5) is 0. The van der Waals surface area contributed by atoms with E-state index in [1.807, 2.05) is 0 Å². The van der Waals surface area contributed by atoms with Crippen LogP contribution in [-0.2, 0) is 9.47 Å². The van der Waals surface area contributed by atoms with E-state index in [0.717, 1.165) is 45.5 Å². The molecule has 0 spiro atoms. The number of nitrogens with two attached hydrogens (primary N) is 1. The number of hydrogen-bond acceptors (Lipinski definition) is 3. The van der Waals surface area contributed by atoms with Crippen LogP contribution in [0, 0.1) is 5.92 Å². The molecule has 0 bridgehead atoms. The highest BCUT2D eigenvalue weighted by molar-refractivity contribution is 4.84. The van der Waals surface area contributed by atoms with Gasteiger partial charge in [0.05, 0.1) is 12.2 Å². The molecule has 0 unspecified atom stereocenters. The zero-order chi connectivity index (χ0) is 12.0. The van der Waals surface area contributed by atoms with E-state index in [-0.39, 0.29) is 5.60 Å². The summed E-state index contributed by atoms with van der Waals surface area (Å²) in [6.45, 7) is 3.39. The molecule has 1 saturated carbocycles. The van der Waals surface area contributed by atoms with Gasteiger partial charge in [-0.1, -0.05) is 25.7 Å². The number of hydrogen-bond donors (Lipinski definition) is 1. The van der Waals surface area contributed by atoms with E-state index in [2.05, 4.69) is 0 Å². The fourth-order valence-electron chi connectivity index (χ4n) is 2.99. The van der Waals surface area contributed by atoms with Crippen molar-refractivity contribution in [2.75, 3.05) is 26.4 Å². The van der Waals surface area contributed by atoms with Crippen molar-refractivity contribution in [1.82, 2.24) is 0 Å². The maximum absolute atomic E-state index is 6.26. The van der Waals surface area contributed by atoms with E-state index >= 15 is 0 Å². The molecule has 0 aromatic rings. The highest BCUT2D eigenvalue weighted by atomic mass is 16.5. The monoisotopic (exact) mass is 241 g/mol. The van der Waals surface area contributed by atoms with E-state index in [4.69, 9.17) is 15.2 Å². The van der Waals surface area contributed by atoms with Crippen LogP contribution in [-0.4, -0.2) is 32.0 Å². The maximum Gasteiger partial charge on any atom is 0.0804 e. The number of rotatable bonds is 4. The van der Waals surface area contributed by atoms with E-state index < -0.39 is 0 Å². The molecule has 2 rings (SSSR count). The normalized spacial score (nSPS) is 26.6. The summed E-state index contributed by atoms with van der Waals surface area (Å²) < 4.78 is 11.6. The lowest BCUT2D eigenvalue weighted by Crippen LogP contribution is -2.42. The minimum Gasteiger partial charge on any atom is -0.381 e. The van der Waals surface area contributed by atoms with E-state index in [0.29, 0.717) is 12.5 Å². The zero-order valence-corrected chi connectivity index (χ0v) is 11.0. The first kappa shape index (κ1) is 13.3. The van der Waals surface area contributed by atoms with E-state index in [1.165, 1.54) is 25.7 Å². The third-order valence-corrected chi connectivity index (χ3v) is 4.35. The average Bonchev–Trinajstić information content (AvgIpc) is 2.64. The summed E-state index contributed by atoms with van der Waals surface area (Å²) in [5, 5.41) is 0. The van der Waals surface area contributed by atoms with Crippen molar-refractivity contribution >= 4 is 0 Å². The molecule has 2 aliphatic rings. The summed E-state index contributed by atoms with van der Waals surface area (Å²) in [6.07, 6.45) is 9.89. The molecule has 3 heteroatoms. The van der Waals surface area contributed by atoms with Crippen LogP contribution in [0.2, 0.25) is 0 Å². The highest BCUT2D eigenvalue weighted by Crippen LogP contribution is 2.31. The molecule has 1 aliphatic heterocycles. The van der Waals surface area contributed by atoms with Crippen LogP contribution in [0.4, 0.5) is 0 Å². The highest BCUT2D eigenvalue weighted by Gasteiger charge is 2.31. The van der Waals surface area contributed by atoms with Crippen molar-refractivity contribution in [3.8, 4) is 0 Å². The Morgan fingerprint density at radius 1 is 1.06 bits per heavy atom. The molecular weight excluding hydrogens is 214 g/mol. The summed E-state index contributed by atoms with van der Waals surface area (Å²) in [5.74, 6) is 0.690. The summed E-state index contributed by atoms with van der Waals surface area (Å²) in [6, 6.07) is 0. The molecule has 0 amide bonds. The van der Waals surface area contributed by atoms with Crippen LogP contribution in [0.15, 0.2) is 0 Å². The second-order valence-corrected chi connectivity index (χ2v) is 5.67. The standard InChI is InChI=1S/C14H27NO2/c15-12-14(7-3-1-2-4-8-14)17-11-13-5-9-16-10-6-13/h13H,1-12,15H2. The first-order valence-electron chi connectivity index (χ1n) is 7.26. The van der Waals surface area contributed by atoms with Crippen molar-refractivity contribution in [1.29, 1.82) is 0 Å². The van der Waals surface area contributed by atoms with Crippen molar-refractivity contribution < 1.29 is 9.47 Å². The third kappa shape index (κ3) is 3.94. The van der Waals surface area contributed by atoms with Gasteiger partial charge in [0.15, 0.2) is 0 Å². The number of ether oxygens (including phenoxy) is 2. The van der Waals surface area contributed by atoms with E-state index in [1.54, 1.807) is 0 Å². The molecular formula is C14H27NO2. The smallest absolute Gasteiger partial charge is 0.0804 e. The molecule has 1 saturated heterocycles. The molecule has 17 heavy (non-hydrogen) atoms. The molecule has 0 atom stereocenters. The minimum atomic E-state index is -0.00515. The van der Waals surface area contributed by atoms with Gasteiger partial charge in [-0.3, -0.25) is 0 Å². The van der Waals surface area contributed by atoms with Gasteiger partial charge >= 0.3 is 0 Å². The Kier molecular flexibility index (Phi) is 5.26. The van der Waals surface area contributed by atoms with Crippen LogP contribution >= 0.6 is 0 Å². The summed E-state index contributed by atoms with van der Waals surface area (Å²) >= 11 is 0. The van der Waals surface area contributed by atoms with E-state index in [9.17, 15) is 0 Å². The molecule has 0 aromatic heterocycles. The molecule has 100 valence electrons. The first-order valence-corrected chi connectivity index (χ1v) is 7.26. The van der Waals surface area contributed by atoms with Crippen LogP contribution in [0.1, 0.15) is 51.4 Å². The van der Waals surface area contributed by atoms with Gasteiger partial charge in [-0.2, -0.15) is 0 Å². The largest absolute Gasteiger partial charge is 0.381 e. The second-order valence-electron chi connectivity index (χ2n) is 5.67. The minimum absolute atomic E-state index is 0.00515. The van der Waals surface area contributed by atoms with Crippen LogP contribution < -0.4 is 5.73 Å². The molecule has 1 heterocycles. The maximum atomic E-state index is 6.26. The van der Waals surface area contributed by atoms with Crippen molar-refractivity contribution in [2.24, 2.45) is 11.7 Å². The molecule has 2 N–H and O–H groups in total. The van der Waals surface area contributed by atoms with Gasteiger partial charge in [0.2, 0.25) is 0 Å². The van der Waals surface area contributed by atoms with Gasteiger partial charge in [-0.05, 0) is 31.6 Å². The average molecular weight is 241 g/mol. The van der Waals surface area contributed by atoms with Gasteiger partial charge in [0, 0.05) is 19.8 Å².